The van der Waals surface area contributed by atoms with Crippen LogP contribution in [0.1, 0.15) is 10.4 Å². The Hall–Kier alpha value is -3.49. The Kier molecular flexibility index (Phi) is 3.98. The molecule has 0 saturated heterocycles. The van der Waals surface area contributed by atoms with E-state index in [0.29, 0.717) is 0 Å². The number of hydrogen-bond acceptors (Lipinski definition) is 6. The van der Waals surface area contributed by atoms with Crippen LogP contribution in [-0.2, 0) is 0 Å². The summed E-state index contributed by atoms with van der Waals surface area (Å²) < 4.78 is 5.32. The fourth-order valence-electron chi connectivity index (χ4n) is 1.69. The number of benzene rings is 2. The van der Waals surface area contributed by atoms with Crippen molar-refractivity contribution in [1.82, 2.24) is 0 Å². The zero-order chi connectivity index (χ0) is 16.3. The van der Waals surface area contributed by atoms with Crippen LogP contribution in [0.2, 0.25) is 0 Å². The van der Waals surface area contributed by atoms with Gasteiger partial charge in [0.15, 0.2) is 0 Å². The summed E-state index contributed by atoms with van der Waals surface area (Å²) in [7, 11) is 0. The standard InChI is InChI=1S/C13H9N3O6/c14-13(17)8-2-1-3-10(6-8)22-12-5-4-9(15(18)19)7-11(12)16(20)21/h1-7H,(H2,14,17). The van der Waals surface area contributed by atoms with Gasteiger partial charge in [-0.1, -0.05) is 6.07 Å². The molecule has 0 atom stereocenters. The van der Waals surface area contributed by atoms with Gasteiger partial charge in [0.2, 0.25) is 11.7 Å². The molecule has 9 nitrogen and oxygen atoms in total. The Morgan fingerprint density at radius 1 is 1.05 bits per heavy atom. The average Bonchev–Trinajstić information content (AvgIpc) is 2.47. The Bertz CT molecular complexity index is 774. The van der Waals surface area contributed by atoms with Crippen LogP contribution in [0.3, 0.4) is 0 Å². The zero-order valence-corrected chi connectivity index (χ0v) is 11.0. The van der Waals surface area contributed by atoms with E-state index in [1.807, 2.05) is 0 Å². The Morgan fingerprint density at radius 2 is 1.77 bits per heavy atom. The minimum absolute atomic E-state index is 0.147. The molecule has 2 aromatic rings. The minimum atomic E-state index is -0.791. The van der Waals surface area contributed by atoms with Crippen LogP contribution in [0.25, 0.3) is 0 Å². The van der Waals surface area contributed by atoms with Gasteiger partial charge >= 0.3 is 5.69 Å². The van der Waals surface area contributed by atoms with Crippen LogP contribution in [0.15, 0.2) is 42.5 Å². The summed E-state index contributed by atoms with van der Waals surface area (Å²) in [5.41, 5.74) is 4.32. The number of amides is 1. The molecule has 0 bridgehead atoms. The molecule has 2 aromatic carbocycles. The second kappa shape index (κ2) is 5.87. The number of ether oxygens (including phenoxy) is 1. The molecule has 0 radical (unpaired) electrons. The lowest BCUT2D eigenvalue weighted by Gasteiger charge is -2.07. The Labute approximate surface area is 123 Å². The molecule has 1 amide bonds. The van der Waals surface area contributed by atoms with Crippen LogP contribution >= 0.6 is 0 Å². The first-order valence-electron chi connectivity index (χ1n) is 5.89. The predicted octanol–water partition coefficient (Wildman–Crippen LogP) is 2.39. The number of non-ortho nitro benzene ring substituents is 1. The summed E-state index contributed by atoms with van der Waals surface area (Å²) in [5.74, 6) is -0.714. The first-order chi connectivity index (χ1) is 10.4. The van der Waals surface area contributed by atoms with E-state index < -0.39 is 27.1 Å². The van der Waals surface area contributed by atoms with Gasteiger partial charge in [-0.15, -0.1) is 0 Å². The highest BCUT2D eigenvalue weighted by Gasteiger charge is 2.21. The molecular formula is C13H9N3O6. The number of primary amides is 1. The highest BCUT2D eigenvalue weighted by molar-refractivity contribution is 5.93. The van der Waals surface area contributed by atoms with Crippen LogP contribution in [0.4, 0.5) is 11.4 Å². The molecule has 0 aromatic heterocycles. The van der Waals surface area contributed by atoms with Crippen molar-refractivity contribution in [2.24, 2.45) is 5.73 Å². The summed E-state index contributed by atoms with van der Waals surface area (Å²) in [4.78, 5) is 31.2. The number of carbonyl (C=O) groups excluding carboxylic acids is 1. The highest BCUT2D eigenvalue weighted by Crippen LogP contribution is 2.34. The summed E-state index contributed by atoms with van der Waals surface area (Å²) in [6.07, 6.45) is 0. The molecule has 0 aliphatic heterocycles. The van der Waals surface area contributed by atoms with Crippen molar-refractivity contribution in [2.75, 3.05) is 0 Å². The monoisotopic (exact) mass is 303 g/mol. The number of carbonyl (C=O) groups is 1. The van der Waals surface area contributed by atoms with E-state index in [4.69, 9.17) is 10.5 Å². The average molecular weight is 303 g/mol. The fraction of sp³-hybridized carbons (Fsp3) is 0. The number of nitrogens with two attached hydrogens (primary N) is 1. The highest BCUT2D eigenvalue weighted by atomic mass is 16.6. The topological polar surface area (TPSA) is 139 Å². The number of nitro benzene ring substituents is 2. The van der Waals surface area contributed by atoms with E-state index >= 15 is 0 Å². The molecule has 0 heterocycles. The molecule has 112 valence electrons. The van der Waals surface area contributed by atoms with Gasteiger partial charge in [0.25, 0.3) is 5.69 Å². The number of nitro groups is 2. The molecule has 0 spiro atoms. The lowest BCUT2D eigenvalue weighted by atomic mass is 10.2. The maximum Gasteiger partial charge on any atom is 0.318 e. The van der Waals surface area contributed by atoms with Gasteiger partial charge in [-0.05, 0) is 24.3 Å². The van der Waals surface area contributed by atoms with E-state index in [2.05, 4.69) is 0 Å². The zero-order valence-electron chi connectivity index (χ0n) is 11.0. The van der Waals surface area contributed by atoms with Gasteiger partial charge in [0.05, 0.1) is 15.9 Å². The van der Waals surface area contributed by atoms with Gasteiger partial charge in [0.1, 0.15) is 5.75 Å². The normalized spacial score (nSPS) is 10.0. The minimum Gasteiger partial charge on any atom is -0.450 e. The number of nitrogens with zero attached hydrogens (tertiary/aromatic N) is 2. The molecule has 9 heteroatoms. The number of hydrogen-bond donors (Lipinski definition) is 1. The van der Waals surface area contributed by atoms with Crippen molar-refractivity contribution >= 4 is 17.3 Å². The third-order valence-corrected chi connectivity index (χ3v) is 2.70. The second-order valence-corrected chi connectivity index (χ2v) is 4.16. The Morgan fingerprint density at radius 3 is 2.36 bits per heavy atom. The first kappa shape index (κ1) is 14.9. The van der Waals surface area contributed by atoms with Gasteiger partial charge < -0.3 is 10.5 Å². The van der Waals surface area contributed by atoms with Crippen LogP contribution in [0, 0.1) is 20.2 Å². The maximum atomic E-state index is 11.1. The first-order valence-corrected chi connectivity index (χ1v) is 5.89. The summed E-state index contributed by atoms with van der Waals surface area (Å²) in [6.45, 7) is 0. The fourth-order valence-corrected chi connectivity index (χ4v) is 1.69. The van der Waals surface area contributed by atoms with E-state index in [0.717, 1.165) is 18.2 Å². The van der Waals surface area contributed by atoms with E-state index in [9.17, 15) is 25.0 Å². The van der Waals surface area contributed by atoms with Gasteiger partial charge in [-0.25, -0.2) is 0 Å². The smallest absolute Gasteiger partial charge is 0.318 e. The summed E-state index contributed by atoms with van der Waals surface area (Å²) >= 11 is 0. The Balaban J connectivity index is 2.41. The lowest BCUT2D eigenvalue weighted by molar-refractivity contribution is -0.394. The van der Waals surface area contributed by atoms with E-state index in [-0.39, 0.29) is 17.1 Å². The van der Waals surface area contributed by atoms with Crippen molar-refractivity contribution < 1.29 is 19.4 Å². The third-order valence-electron chi connectivity index (χ3n) is 2.70. The SMILES string of the molecule is NC(=O)c1cccc(Oc2ccc([N+](=O)[O-])cc2[N+](=O)[O-])c1. The molecular weight excluding hydrogens is 294 g/mol. The van der Waals surface area contributed by atoms with Crippen LogP contribution < -0.4 is 10.5 Å². The van der Waals surface area contributed by atoms with Gasteiger partial charge in [-0.3, -0.25) is 25.0 Å². The molecule has 22 heavy (non-hydrogen) atoms. The predicted molar refractivity (Wildman–Crippen MR) is 74.8 cm³/mol. The quantitative estimate of drug-likeness (QED) is 0.664. The van der Waals surface area contributed by atoms with Crippen molar-refractivity contribution in [1.29, 1.82) is 0 Å². The van der Waals surface area contributed by atoms with Gasteiger partial charge in [-0.2, -0.15) is 0 Å². The number of rotatable bonds is 5. The molecule has 2 N–H and O–H groups in total. The molecule has 2 rings (SSSR count). The van der Waals surface area contributed by atoms with Crippen molar-refractivity contribution in [2.45, 2.75) is 0 Å². The van der Waals surface area contributed by atoms with Crippen LogP contribution in [0.5, 0.6) is 11.5 Å². The van der Waals surface area contributed by atoms with E-state index in [1.165, 1.54) is 24.3 Å². The van der Waals surface area contributed by atoms with Crippen molar-refractivity contribution in [3.63, 3.8) is 0 Å². The second-order valence-electron chi connectivity index (χ2n) is 4.16. The largest absolute Gasteiger partial charge is 0.450 e. The third kappa shape index (κ3) is 3.15. The lowest BCUT2D eigenvalue weighted by Crippen LogP contribution is -2.10. The maximum absolute atomic E-state index is 11.1. The molecule has 0 saturated carbocycles. The van der Waals surface area contributed by atoms with Crippen LogP contribution in [-0.4, -0.2) is 15.8 Å². The molecule has 0 fully saturated rings. The summed E-state index contributed by atoms with van der Waals surface area (Å²) in [6, 6.07) is 8.73. The molecule has 0 aliphatic carbocycles. The van der Waals surface area contributed by atoms with Gasteiger partial charge in [0, 0.05) is 11.6 Å². The molecule has 0 unspecified atom stereocenters. The summed E-state index contributed by atoms with van der Waals surface area (Å²) in [5, 5.41) is 21.6. The van der Waals surface area contributed by atoms with Crippen molar-refractivity contribution in [3.05, 3.63) is 68.3 Å². The molecule has 0 aliphatic rings. The van der Waals surface area contributed by atoms with Crippen molar-refractivity contribution in [3.8, 4) is 11.5 Å². The van der Waals surface area contributed by atoms with E-state index in [1.54, 1.807) is 0 Å².